The van der Waals surface area contributed by atoms with Gasteiger partial charge < -0.3 is 4.74 Å². The zero-order chi connectivity index (χ0) is 19.2. The summed E-state index contributed by atoms with van der Waals surface area (Å²) in [5.41, 5.74) is 3.88. The van der Waals surface area contributed by atoms with Gasteiger partial charge in [-0.1, -0.05) is 104 Å². The normalized spacial score (nSPS) is 13.0. The van der Waals surface area contributed by atoms with Crippen molar-refractivity contribution in [3.05, 3.63) is 101 Å². The largest absolute Gasteiger partial charge is 0.488 e. The van der Waals surface area contributed by atoms with Gasteiger partial charge in [0.25, 0.3) is 0 Å². The zero-order valence-corrected chi connectivity index (χ0v) is 18.1. The fraction of sp³-hybridized carbons (Fsp3) is 0.174. The van der Waals surface area contributed by atoms with Crippen molar-refractivity contribution in [1.82, 2.24) is 0 Å². The van der Waals surface area contributed by atoms with Crippen molar-refractivity contribution < 1.29 is 9.53 Å². The second-order valence-electron chi connectivity index (χ2n) is 6.35. The van der Waals surface area contributed by atoms with E-state index in [-0.39, 0.29) is 10.6 Å². The highest BCUT2D eigenvalue weighted by atomic mass is 79.9. The summed E-state index contributed by atoms with van der Waals surface area (Å²) in [6, 6.07) is 25.5. The number of carbonyl (C=O) groups is 1. The molecule has 0 unspecified atom stereocenters. The highest BCUT2D eigenvalue weighted by molar-refractivity contribution is 9.12. The number of ketones is 1. The maximum Gasteiger partial charge on any atom is 0.181 e. The molecule has 3 aromatic rings. The first-order valence-electron chi connectivity index (χ1n) is 8.71. The topological polar surface area (TPSA) is 26.3 Å². The standard InChI is InChI=1S/C23H20Br2O2/c1-16-11-13-18(14-12-16)21(24)22(25)23(26)19-9-5-6-10-20(19)27-15-17-7-3-2-4-8-17/h2-14,21-22H,15H2,1H3/t21-,22-/m0/s1. The Morgan fingerprint density at radius 2 is 1.52 bits per heavy atom. The van der Waals surface area contributed by atoms with Gasteiger partial charge in [-0.3, -0.25) is 4.79 Å². The number of benzene rings is 3. The molecule has 0 aliphatic carbocycles. The van der Waals surface area contributed by atoms with Crippen molar-refractivity contribution in [2.45, 2.75) is 23.2 Å². The van der Waals surface area contributed by atoms with Crippen molar-refractivity contribution in [3.63, 3.8) is 0 Å². The second-order valence-corrected chi connectivity index (χ2v) is 8.32. The molecular formula is C23H20Br2O2. The maximum absolute atomic E-state index is 13.1. The SMILES string of the molecule is Cc1ccc([C@H](Br)[C@H](Br)C(=O)c2ccccc2OCc2ccccc2)cc1. The molecule has 0 N–H and O–H groups in total. The number of alkyl halides is 2. The van der Waals surface area contributed by atoms with Crippen molar-refractivity contribution >= 4 is 37.6 Å². The zero-order valence-electron chi connectivity index (χ0n) is 14.9. The van der Waals surface area contributed by atoms with Crippen LogP contribution in [0.2, 0.25) is 0 Å². The van der Waals surface area contributed by atoms with E-state index in [9.17, 15) is 4.79 Å². The number of Topliss-reactive ketones (excluding diaryl/α,β-unsaturated/α-hetero) is 1. The molecular weight excluding hydrogens is 468 g/mol. The van der Waals surface area contributed by atoms with E-state index in [4.69, 9.17) is 4.74 Å². The summed E-state index contributed by atoms with van der Waals surface area (Å²) in [7, 11) is 0. The van der Waals surface area contributed by atoms with Crippen LogP contribution in [0.5, 0.6) is 5.75 Å². The lowest BCUT2D eigenvalue weighted by Gasteiger charge is -2.18. The first-order chi connectivity index (χ1) is 13.1. The van der Waals surface area contributed by atoms with Crippen LogP contribution in [0.3, 0.4) is 0 Å². The van der Waals surface area contributed by atoms with Crippen LogP contribution in [-0.2, 0) is 6.61 Å². The molecule has 138 valence electrons. The molecule has 0 aliphatic rings. The quantitative estimate of drug-likeness (QED) is 0.275. The third-order valence-electron chi connectivity index (χ3n) is 4.29. The fourth-order valence-corrected chi connectivity index (χ4v) is 3.83. The summed E-state index contributed by atoms with van der Waals surface area (Å²) in [5, 5.41) is 0. The molecule has 3 aromatic carbocycles. The van der Waals surface area contributed by atoms with Crippen LogP contribution in [0, 0.1) is 6.92 Å². The van der Waals surface area contributed by atoms with Crippen molar-refractivity contribution in [2.75, 3.05) is 0 Å². The van der Waals surface area contributed by atoms with E-state index in [1.165, 1.54) is 5.56 Å². The number of aryl methyl sites for hydroxylation is 1. The van der Waals surface area contributed by atoms with Crippen molar-refractivity contribution in [3.8, 4) is 5.75 Å². The monoisotopic (exact) mass is 486 g/mol. The summed E-state index contributed by atoms with van der Waals surface area (Å²) < 4.78 is 5.94. The Morgan fingerprint density at radius 3 is 2.22 bits per heavy atom. The molecule has 0 saturated heterocycles. The van der Waals surface area contributed by atoms with Crippen molar-refractivity contribution in [2.24, 2.45) is 0 Å². The van der Waals surface area contributed by atoms with Gasteiger partial charge in [-0.25, -0.2) is 0 Å². The summed E-state index contributed by atoms with van der Waals surface area (Å²) >= 11 is 7.24. The minimum atomic E-state index is -0.401. The van der Waals surface area contributed by atoms with E-state index >= 15 is 0 Å². The van der Waals surface area contributed by atoms with Gasteiger partial charge in [-0.15, -0.1) is 0 Å². The average molecular weight is 488 g/mol. The molecule has 0 heterocycles. The van der Waals surface area contributed by atoms with Gasteiger partial charge >= 0.3 is 0 Å². The first-order valence-corrected chi connectivity index (χ1v) is 10.5. The molecule has 0 radical (unpaired) electrons. The predicted octanol–water partition coefficient (Wildman–Crippen LogP) is 6.66. The Balaban J connectivity index is 1.76. The third-order valence-corrected chi connectivity index (χ3v) is 7.00. The smallest absolute Gasteiger partial charge is 0.181 e. The van der Waals surface area contributed by atoms with Crippen LogP contribution < -0.4 is 4.74 Å². The Bertz CT molecular complexity index is 892. The predicted molar refractivity (Wildman–Crippen MR) is 117 cm³/mol. The molecule has 4 heteroatoms. The lowest BCUT2D eigenvalue weighted by molar-refractivity contribution is 0.0986. The minimum Gasteiger partial charge on any atom is -0.488 e. The highest BCUT2D eigenvalue weighted by Gasteiger charge is 2.28. The molecule has 0 spiro atoms. The lowest BCUT2D eigenvalue weighted by Crippen LogP contribution is -2.20. The molecule has 0 amide bonds. The van der Waals surface area contributed by atoms with Crippen LogP contribution in [0.25, 0.3) is 0 Å². The van der Waals surface area contributed by atoms with E-state index in [1.54, 1.807) is 0 Å². The number of halogens is 2. The summed E-state index contributed by atoms with van der Waals surface area (Å²) in [4.78, 5) is 12.6. The summed E-state index contributed by atoms with van der Waals surface area (Å²) in [5.74, 6) is 0.584. The van der Waals surface area contributed by atoms with E-state index in [0.29, 0.717) is 17.9 Å². The van der Waals surface area contributed by atoms with Crippen LogP contribution in [0.15, 0.2) is 78.9 Å². The first kappa shape index (κ1) is 19.8. The molecule has 2 atom stereocenters. The van der Waals surface area contributed by atoms with Gasteiger partial charge in [-0.05, 0) is 30.2 Å². The molecule has 0 aliphatic heterocycles. The van der Waals surface area contributed by atoms with Crippen LogP contribution in [0.1, 0.15) is 31.9 Å². The fourth-order valence-electron chi connectivity index (χ4n) is 2.73. The second kappa shape index (κ2) is 9.34. The summed E-state index contributed by atoms with van der Waals surface area (Å²) in [6.07, 6.45) is 0. The Hall–Kier alpha value is -1.91. The molecule has 0 aromatic heterocycles. The number of rotatable bonds is 7. The average Bonchev–Trinajstić information content (AvgIpc) is 2.72. The van der Waals surface area contributed by atoms with Crippen LogP contribution in [0.4, 0.5) is 0 Å². The minimum absolute atomic E-state index is 0.0129. The van der Waals surface area contributed by atoms with Gasteiger partial charge in [0.1, 0.15) is 12.4 Å². The van der Waals surface area contributed by atoms with Gasteiger partial charge in [0.15, 0.2) is 5.78 Å². The van der Waals surface area contributed by atoms with Gasteiger partial charge in [0.2, 0.25) is 0 Å². The van der Waals surface area contributed by atoms with E-state index in [0.717, 1.165) is 11.1 Å². The van der Waals surface area contributed by atoms with Gasteiger partial charge in [-0.2, -0.15) is 0 Å². The maximum atomic E-state index is 13.1. The lowest BCUT2D eigenvalue weighted by atomic mass is 10.0. The number of para-hydroxylation sites is 1. The Kier molecular flexibility index (Phi) is 6.86. The Morgan fingerprint density at radius 1 is 0.889 bits per heavy atom. The molecule has 2 nitrogen and oxygen atoms in total. The number of hydrogen-bond donors (Lipinski definition) is 0. The van der Waals surface area contributed by atoms with Gasteiger partial charge in [0, 0.05) is 0 Å². The van der Waals surface area contributed by atoms with Gasteiger partial charge in [0.05, 0.1) is 15.2 Å². The van der Waals surface area contributed by atoms with E-state index < -0.39 is 4.83 Å². The molecule has 3 rings (SSSR count). The van der Waals surface area contributed by atoms with Crippen LogP contribution in [-0.4, -0.2) is 10.6 Å². The van der Waals surface area contributed by atoms with E-state index in [1.807, 2.05) is 85.8 Å². The molecule has 0 bridgehead atoms. The van der Waals surface area contributed by atoms with Crippen molar-refractivity contribution in [1.29, 1.82) is 0 Å². The summed E-state index contributed by atoms with van der Waals surface area (Å²) in [6.45, 7) is 2.47. The number of hydrogen-bond acceptors (Lipinski definition) is 2. The Labute approximate surface area is 176 Å². The van der Waals surface area contributed by atoms with Crippen LogP contribution >= 0.6 is 31.9 Å². The number of carbonyl (C=O) groups excluding carboxylic acids is 1. The molecule has 0 saturated carbocycles. The van der Waals surface area contributed by atoms with E-state index in [2.05, 4.69) is 31.9 Å². The molecule has 0 fully saturated rings. The highest BCUT2D eigenvalue weighted by Crippen LogP contribution is 2.35. The third kappa shape index (κ3) is 5.08. The number of ether oxygens (including phenoxy) is 1. The molecule has 27 heavy (non-hydrogen) atoms.